The molecular formula is C16H22O3S. The van der Waals surface area contributed by atoms with Gasteiger partial charge in [0.1, 0.15) is 0 Å². The molecule has 0 amide bonds. The van der Waals surface area contributed by atoms with E-state index < -0.39 is 10.8 Å². The highest BCUT2D eigenvalue weighted by molar-refractivity contribution is 7.85. The van der Waals surface area contributed by atoms with Crippen LogP contribution >= 0.6 is 0 Å². The molecule has 1 saturated carbocycles. The maximum atomic E-state index is 12.4. The molecule has 3 atom stereocenters. The summed E-state index contributed by atoms with van der Waals surface area (Å²) in [6, 6.07) is 7.79. The van der Waals surface area contributed by atoms with Gasteiger partial charge in [0.15, 0.2) is 0 Å². The Hall–Kier alpha value is -1.16. The number of ether oxygens (including phenoxy) is 1. The van der Waals surface area contributed by atoms with E-state index in [1.165, 1.54) is 7.11 Å². The van der Waals surface area contributed by atoms with Gasteiger partial charge in [0.05, 0.1) is 23.8 Å². The minimum atomic E-state index is -1.04. The molecule has 1 unspecified atom stereocenters. The summed E-state index contributed by atoms with van der Waals surface area (Å²) in [6.45, 7) is 2.02. The lowest BCUT2D eigenvalue weighted by molar-refractivity contribution is -0.148. The van der Waals surface area contributed by atoms with E-state index in [0.29, 0.717) is 5.75 Å². The molecule has 1 aromatic rings. The fourth-order valence-electron chi connectivity index (χ4n) is 2.85. The Morgan fingerprint density at radius 3 is 2.55 bits per heavy atom. The molecule has 1 aliphatic rings. The van der Waals surface area contributed by atoms with E-state index in [0.717, 1.165) is 36.1 Å². The number of hydrogen-bond donors (Lipinski definition) is 0. The van der Waals surface area contributed by atoms with Crippen LogP contribution in [-0.2, 0) is 20.3 Å². The number of aryl methyl sites for hydroxylation is 1. The van der Waals surface area contributed by atoms with E-state index >= 15 is 0 Å². The van der Waals surface area contributed by atoms with Crippen molar-refractivity contribution in [2.45, 2.75) is 37.5 Å². The van der Waals surface area contributed by atoms with Crippen LogP contribution in [0.4, 0.5) is 0 Å². The highest BCUT2D eigenvalue weighted by Gasteiger charge is 2.32. The third-order valence-corrected chi connectivity index (χ3v) is 5.59. The van der Waals surface area contributed by atoms with Gasteiger partial charge in [0, 0.05) is 10.6 Å². The van der Waals surface area contributed by atoms with Gasteiger partial charge in [-0.2, -0.15) is 0 Å². The van der Waals surface area contributed by atoms with Gasteiger partial charge >= 0.3 is 5.97 Å². The van der Waals surface area contributed by atoms with Gasteiger partial charge in [-0.1, -0.05) is 30.5 Å². The molecule has 1 aromatic carbocycles. The van der Waals surface area contributed by atoms with Gasteiger partial charge in [-0.25, -0.2) is 0 Å². The molecule has 0 saturated heterocycles. The zero-order chi connectivity index (χ0) is 14.5. The van der Waals surface area contributed by atoms with Crippen LogP contribution in [0.25, 0.3) is 0 Å². The van der Waals surface area contributed by atoms with Gasteiger partial charge in [-0.3, -0.25) is 9.00 Å². The van der Waals surface area contributed by atoms with Crippen molar-refractivity contribution in [3.8, 4) is 0 Å². The SMILES string of the molecule is COC(=O)[C@@H]1CCCC[C@H]1CS(=O)c1ccc(C)cc1. The Balaban J connectivity index is 2.04. The summed E-state index contributed by atoms with van der Waals surface area (Å²) in [6.07, 6.45) is 4.01. The van der Waals surface area contributed by atoms with Crippen LogP contribution in [0.5, 0.6) is 0 Å². The fourth-order valence-corrected chi connectivity index (χ4v) is 4.27. The average molecular weight is 294 g/mol. The number of carbonyl (C=O) groups excluding carboxylic acids is 1. The minimum Gasteiger partial charge on any atom is -0.469 e. The number of benzene rings is 1. The van der Waals surface area contributed by atoms with Gasteiger partial charge in [0.2, 0.25) is 0 Å². The molecule has 0 heterocycles. The third-order valence-electron chi connectivity index (χ3n) is 4.06. The van der Waals surface area contributed by atoms with Gasteiger partial charge in [0.25, 0.3) is 0 Å². The first-order valence-corrected chi connectivity index (χ1v) is 8.46. The molecule has 0 spiro atoms. The van der Waals surface area contributed by atoms with Crippen molar-refractivity contribution < 1.29 is 13.7 Å². The molecule has 0 aromatic heterocycles. The summed E-state index contributed by atoms with van der Waals surface area (Å²) in [4.78, 5) is 12.7. The second-order valence-electron chi connectivity index (χ2n) is 5.50. The Morgan fingerprint density at radius 1 is 1.25 bits per heavy atom. The molecule has 1 aliphatic carbocycles. The lowest BCUT2D eigenvalue weighted by atomic mass is 9.80. The van der Waals surface area contributed by atoms with Crippen molar-refractivity contribution in [2.24, 2.45) is 11.8 Å². The Bertz CT molecular complexity index is 481. The van der Waals surface area contributed by atoms with E-state index in [-0.39, 0.29) is 17.8 Å². The van der Waals surface area contributed by atoms with Gasteiger partial charge in [-0.15, -0.1) is 0 Å². The summed E-state index contributed by atoms with van der Waals surface area (Å²) >= 11 is 0. The maximum absolute atomic E-state index is 12.4. The molecule has 0 bridgehead atoms. The predicted octanol–water partition coefficient (Wildman–Crippen LogP) is 3.08. The van der Waals surface area contributed by atoms with Crippen molar-refractivity contribution in [1.29, 1.82) is 0 Å². The van der Waals surface area contributed by atoms with Crippen LogP contribution in [0.1, 0.15) is 31.2 Å². The Morgan fingerprint density at radius 2 is 1.90 bits per heavy atom. The molecule has 0 aliphatic heterocycles. The molecule has 1 fully saturated rings. The van der Waals surface area contributed by atoms with Gasteiger partial charge < -0.3 is 4.74 Å². The van der Waals surface area contributed by atoms with Crippen molar-refractivity contribution in [1.82, 2.24) is 0 Å². The number of methoxy groups -OCH3 is 1. The van der Waals surface area contributed by atoms with E-state index in [4.69, 9.17) is 4.74 Å². The summed E-state index contributed by atoms with van der Waals surface area (Å²) in [7, 11) is 0.399. The smallest absolute Gasteiger partial charge is 0.308 e. The first-order chi connectivity index (χ1) is 9.61. The highest BCUT2D eigenvalue weighted by Crippen LogP contribution is 2.32. The van der Waals surface area contributed by atoms with E-state index in [9.17, 15) is 9.00 Å². The van der Waals surface area contributed by atoms with E-state index in [1.807, 2.05) is 31.2 Å². The fraction of sp³-hybridized carbons (Fsp3) is 0.562. The minimum absolute atomic E-state index is 0.0804. The van der Waals surface area contributed by atoms with E-state index in [2.05, 4.69) is 0 Å². The van der Waals surface area contributed by atoms with Crippen molar-refractivity contribution >= 4 is 16.8 Å². The average Bonchev–Trinajstić information content (AvgIpc) is 2.47. The maximum Gasteiger partial charge on any atom is 0.308 e. The van der Waals surface area contributed by atoms with Crippen LogP contribution in [0, 0.1) is 18.8 Å². The molecular weight excluding hydrogens is 272 g/mol. The molecule has 0 radical (unpaired) electrons. The van der Waals surface area contributed by atoms with Crippen LogP contribution in [0.2, 0.25) is 0 Å². The lowest BCUT2D eigenvalue weighted by Crippen LogP contribution is -2.31. The van der Waals surface area contributed by atoms with Gasteiger partial charge in [-0.05, 0) is 37.8 Å². The third kappa shape index (κ3) is 3.69. The van der Waals surface area contributed by atoms with E-state index in [1.54, 1.807) is 0 Å². The largest absolute Gasteiger partial charge is 0.469 e. The predicted molar refractivity (Wildman–Crippen MR) is 79.9 cm³/mol. The Labute approximate surface area is 123 Å². The second-order valence-corrected chi connectivity index (χ2v) is 7.00. The van der Waals surface area contributed by atoms with Crippen LogP contribution < -0.4 is 0 Å². The van der Waals surface area contributed by atoms with Crippen molar-refractivity contribution in [3.05, 3.63) is 29.8 Å². The quantitative estimate of drug-likeness (QED) is 0.802. The summed E-state index contributed by atoms with van der Waals surface area (Å²) < 4.78 is 17.3. The number of carbonyl (C=O) groups is 1. The molecule has 2 rings (SSSR count). The number of esters is 1. The van der Waals surface area contributed by atoms with Crippen LogP contribution in [0.15, 0.2) is 29.2 Å². The zero-order valence-electron chi connectivity index (χ0n) is 12.1. The van der Waals surface area contributed by atoms with Crippen molar-refractivity contribution in [2.75, 3.05) is 12.9 Å². The van der Waals surface area contributed by atoms with Crippen LogP contribution in [-0.4, -0.2) is 23.0 Å². The van der Waals surface area contributed by atoms with Crippen molar-refractivity contribution in [3.63, 3.8) is 0 Å². The van der Waals surface area contributed by atoms with Crippen LogP contribution in [0.3, 0.4) is 0 Å². The highest BCUT2D eigenvalue weighted by atomic mass is 32.2. The summed E-state index contributed by atoms with van der Waals surface area (Å²) in [5.74, 6) is 0.514. The summed E-state index contributed by atoms with van der Waals surface area (Å²) in [5, 5.41) is 0. The molecule has 3 nitrogen and oxygen atoms in total. The number of hydrogen-bond acceptors (Lipinski definition) is 3. The first kappa shape index (κ1) is 15.2. The zero-order valence-corrected chi connectivity index (χ0v) is 12.9. The first-order valence-electron chi connectivity index (χ1n) is 7.14. The molecule has 0 N–H and O–H groups in total. The summed E-state index contributed by atoms with van der Waals surface area (Å²) in [5.41, 5.74) is 1.16. The normalized spacial score (nSPS) is 24.1. The standard InChI is InChI=1S/C16H22O3S/c1-12-7-9-14(10-8-12)20(18)11-13-5-3-4-6-15(13)16(17)19-2/h7-10,13,15H,3-6,11H2,1-2H3/t13-,15+,20?/m0/s1. The topological polar surface area (TPSA) is 43.4 Å². The lowest BCUT2D eigenvalue weighted by Gasteiger charge is -2.29. The molecule has 4 heteroatoms. The molecule has 20 heavy (non-hydrogen) atoms. The second kappa shape index (κ2) is 7.02. The Kier molecular flexibility index (Phi) is 5.35. The monoisotopic (exact) mass is 294 g/mol. The number of rotatable bonds is 4. The molecule has 110 valence electrons.